The first-order valence-corrected chi connectivity index (χ1v) is 10.3. The van der Waals surface area contributed by atoms with Crippen molar-refractivity contribution in [1.29, 1.82) is 0 Å². The summed E-state index contributed by atoms with van der Waals surface area (Å²) in [6, 6.07) is 5.52. The number of piperidine rings is 1. The number of hydrogen-bond acceptors (Lipinski definition) is 4. The molecule has 7 nitrogen and oxygen atoms in total. The fourth-order valence-electron chi connectivity index (χ4n) is 3.39. The summed E-state index contributed by atoms with van der Waals surface area (Å²) < 4.78 is 14.0. The molecule has 1 heterocycles. The Kier molecular flexibility index (Phi) is 9.34. The summed E-state index contributed by atoms with van der Waals surface area (Å²) in [5, 5.41) is 9.46. The maximum absolute atomic E-state index is 14.0. The Morgan fingerprint density at radius 3 is 2.66 bits per heavy atom. The van der Waals surface area contributed by atoms with Gasteiger partial charge in [0.1, 0.15) is 5.82 Å². The smallest absolute Gasteiger partial charge is 0.233 e. The molecule has 0 bridgehead atoms. The molecule has 0 atom stereocenters. The predicted octanol–water partition coefficient (Wildman–Crippen LogP) is 1.15. The van der Waals surface area contributed by atoms with Crippen LogP contribution in [0.5, 0.6) is 0 Å². The Bertz CT molecular complexity index is 686. The van der Waals surface area contributed by atoms with Gasteiger partial charge in [0.2, 0.25) is 5.91 Å². The van der Waals surface area contributed by atoms with Crippen LogP contribution in [0.2, 0.25) is 0 Å². The van der Waals surface area contributed by atoms with E-state index in [0.29, 0.717) is 31.2 Å². The van der Waals surface area contributed by atoms with Crippen molar-refractivity contribution in [3.05, 3.63) is 35.1 Å². The SMILES string of the molecule is CCNC(=NCc1ccc(F)c(CN(C)C)c1)NC1CCN(CC(=O)NC)CC1. The monoisotopic (exact) mass is 406 g/mol. The van der Waals surface area contributed by atoms with Gasteiger partial charge in [0.05, 0.1) is 13.1 Å². The predicted molar refractivity (Wildman–Crippen MR) is 115 cm³/mol. The lowest BCUT2D eigenvalue weighted by Crippen LogP contribution is -2.50. The van der Waals surface area contributed by atoms with Crippen molar-refractivity contribution >= 4 is 11.9 Å². The zero-order valence-corrected chi connectivity index (χ0v) is 18.1. The second kappa shape index (κ2) is 11.7. The molecule has 1 aromatic rings. The van der Waals surface area contributed by atoms with E-state index < -0.39 is 0 Å². The number of amides is 1. The van der Waals surface area contributed by atoms with Crippen molar-refractivity contribution in [2.45, 2.75) is 38.9 Å². The highest BCUT2D eigenvalue weighted by Gasteiger charge is 2.21. The highest BCUT2D eigenvalue weighted by atomic mass is 19.1. The van der Waals surface area contributed by atoms with Crippen LogP contribution in [0.25, 0.3) is 0 Å². The molecule has 0 aromatic heterocycles. The maximum Gasteiger partial charge on any atom is 0.233 e. The normalized spacial score (nSPS) is 16.1. The lowest BCUT2D eigenvalue weighted by Gasteiger charge is -2.32. The van der Waals surface area contributed by atoms with Crippen molar-refractivity contribution in [2.75, 3.05) is 47.3 Å². The molecule has 0 unspecified atom stereocenters. The first-order chi connectivity index (χ1) is 13.9. The molecule has 1 aliphatic rings. The van der Waals surface area contributed by atoms with E-state index in [0.717, 1.165) is 44.0 Å². The Morgan fingerprint density at radius 2 is 2.03 bits per heavy atom. The largest absolute Gasteiger partial charge is 0.358 e. The van der Waals surface area contributed by atoms with E-state index in [1.165, 1.54) is 6.07 Å². The third-order valence-corrected chi connectivity index (χ3v) is 4.94. The number of carbonyl (C=O) groups is 1. The van der Waals surface area contributed by atoms with E-state index in [-0.39, 0.29) is 11.7 Å². The Labute approximate surface area is 173 Å². The van der Waals surface area contributed by atoms with Crippen molar-refractivity contribution in [3.8, 4) is 0 Å². The zero-order valence-electron chi connectivity index (χ0n) is 18.1. The van der Waals surface area contributed by atoms with E-state index in [9.17, 15) is 9.18 Å². The molecule has 1 aromatic carbocycles. The van der Waals surface area contributed by atoms with Crippen LogP contribution in [0.15, 0.2) is 23.2 Å². The average Bonchev–Trinajstić information content (AvgIpc) is 2.69. The van der Waals surface area contributed by atoms with Gasteiger partial charge < -0.3 is 20.9 Å². The van der Waals surface area contributed by atoms with Gasteiger partial charge in [0, 0.05) is 44.8 Å². The van der Waals surface area contributed by atoms with E-state index in [1.54, 1.807) is 13.1 Å². The highest BCUT2D eigenvalue weighted by molar-refractivity contribution is 5.80. The molecule has 1 aliphatic heterocycles. The lowest BCUT2D eigenvalue weighted by atomic mass is 10.1. The number of aliphatic imine (C=N–C) groups is 1. The summed E-state index contributed by atoms with van der Waals surface area (Å²) in [7, 11) is 5.52. The molecular weight excluding hydrogens is 371 g/mol. The van der Waals surface area contributed by atoms with Gasteiger partial charge in [-0.05, 0) is 51.6 Å². The van der Waals surface area contributed by atoms with Gasteiger partial charge in [-0.25, -0.2) is 9.38 Å². The summed E-state index contributed by atoms with van der Waals surface area (Å²) in [5.41, 5.74) is 1.67. The molecule has 29 heavy (non-hydrogen) atoms. The zero-order chi connectivity index (χ0) is 21.2. The number of nitrogens with zero attached hydrogens (tertiary/aromatic N) is 3. The standard InChI is InChI=1S/C21H35FN6O/c1-5-24-21(26-18-8-10-28(11-9-18)15-20(29)23-2)25-13-16-6-7-19(22)17(12-16)14-27(3)4/h6-7,12,18H,5,8-11,13-15H2,1-4H3,(H,23,29)(H2,24,25,26). The minimum absolute atomic E-state index is 0.0549. The molecule has 0 spiro atoms. The van der Waals surface area contributed by atoms with Gasteiger partial charge in [0.25, 0.3) is 0 Å². The van der Waals surface area contributed by atoms with Crippen LogP contribution in [0.3, 0.4) is 0 Å². The van der Waals surface area contributed by atoms with Crippen molar-refractivity contribution in [3.63, 3.8) is 0 Å². The van der Waals surface area contributed by atoms with Gasteiger partial charge in [-0.2, -0.15) is 0 Å². The van der Waals surface area contributed by atoms with Crippen molar-refractivity contribution < 1.29 is 9.18 Å². The average molecular weight is 407 g/mol. The van der Waals surface area contributed by atoms with E-state index in [2.05, 4.69) is 25.8 Å². The third-order valence-electron chi connectivity index (χ3n) is 4.94. The molecule has 0 saturated carbocycles. The quantitative estimate of drug-likeness (QED) is 0.446. The van der Waals surface area contributed by atoms with Crippen LogP contribution in [0.4, 0.5) is 4.39 Å². The van der Waals surface area contributed by atoms with Crippen LogP contribution in [0, 0.1) is 5.82 Å². The van der Waals surface area contributed by atoms with Crippen LogP contribution in [0.1, 0.15) is 30.9 Å². The summed E-state index contributed by atoms with van der Waals surface area (Å²) >= 11 is 0. The molecule has 0 radical (unpaired) electrons. The number of guanidine groups is 1. The summed E-state index contributed by atoms with van der Waals surface area (Å²) in [6.45, 7) is 6.10. The van der Waals surface area contributed by atoms with E-state index in [4.69, 9.17) is 0 Å². The molecule has 8 heteroatoms. The summed E-state index contributed by atoms with van der Waals surface area (Å²) in [5.74, 6) is 0.648. The molecule has 1 saturated heterocycles. The molecule has 1 fully saturated rings. The van der Waals surface area contributed by atoms with Gasteiger partial charge in [-0.1, -0.05) is 6.07 Å². The van der Waals surface area contributed by atoms with Gasteiger partial charge >= 0.3 is 0 Å². The number of hydrogen-bond donors (Lipinski definition) is 3. The van der Waals surface area contributed by atoms with Gasteiger partial charge in [-0.3, -0.25) is 9.69 Å². The second-order valence-corrected chi connectivity index (χ2v) is 7.73. The Morgan fingerprint density at radius 1 is 1.31 bits per heavy atom. The molecule has 162 valence electrons. The molecule has 2 rings (SSSR count). The minimum Gasteiger partial charge on any atom is -0.358 e. The Balaban J connectivity index is 1.92. The summed E-state index contributed by atoms with van der Waals surface area (Å²) in [4.78, 5) is 20.3. The summed E-state index contributed by atoms with van der Waals surface area (Å²) in [6.07, 6.45) is 1.93. The molecular formula is C21H35FN6O. The van der Waals surface area contributed by atoms with Crippen LogP contribution >= 0.6 is 0 Å². The van der Waals surface area contributed by atoms with Crippen molar-refractivity contribution in [1.82, 2.24) is 25.8 Å². The lowest BCUT2D eigenvalue weighted by molar-refractivity contribution is -0.122. The van der Waals surface area contributed by atoms with E-state index >= 15 is 0 Å². The molecule has 0 aliphatic carbocycles. The van der Waals surface area contributed by atoms with Crippen LogP contribution in [-0.4, -0.2) is 75.0 Å². The number of rotatable bonds is 8. The van der Waals surface area contributed by atoms with Crippen molar-refractivity contribution in [2.24, 2.45) is 4.99 Å². The number of nitrogens with one attached hydrogen (secondary N) is 3. The number of carbonyl (C=O) groups excluding carboxylic acids is 1. The van der Waals surface area contributed by atoms with Gasteiger partial charge in [-0.15, -0.1) is 0 Å². The first kappa shape index (κ1) is 23.1. The molecule has 1 amide bonds. The minimum atomic E-state index is -0.181. The van der Waals surface area contributed by atoms with Gasteiger partial charge in [0.15, 0.2) is 5.96 Å². The third kappa shape index (κ3) is 7.98. The maximum atomic E-state index is 14.0. The molecule has 3 N–H and O–H groups in total. The first-order valence-electron chi connectivity index (χ1n) is 10.3. The second-order valence-electron chi connectivity index (χ2n) is 7.73. The Hall–Kier alpha value is -2.19. The number of benzene rings is 1. The number of halogens is 1. The van der Waals surface area contributed by atoms with E-state index in [1.807, 2.05) is 32.0 Å². The van der Waals surface area contributed by atoms with Crippen LogP contribution in [-0.2, 0) is 17.9 Å². The number of likely N-dealkylation sites (N-methyl/N-ethyl adjacent to an activating group) is 1. The van der Waals surface area contributed by atoms with Crippen LogP contribution < -0.4 is 16.0 Å². The highest BCUT2D eigenvalue weighted by Crippen LogP contribution is 2.14. The fourth-order valence-corrected chi connectivity index (χ4v) is 3.39. The fraction of sp³-hybridized carbons (Fsp3) is 0.619. The topological polar surface area (TPSA) is 72.0 Å². The number of likely N-dealkylation sites (tertiary alicyclic amines) is 1.